The number of aliphatic hydroxyl groups is 1. The van der Waals surface area contributed by atoms with Gasteiger partial charge in [0.05, 0.1) is 4.34 Å². The summed E-state index contributed by atoms with van der Waals surface area (Å²) >= 11 is 7.30. The van der Waals surface area contributed by atoms with Gasteiger partial charge < -0.3 is 20.6 Å². The second-order valence-corrected chi connectivity index (χ2v) is 8.38. The zero-order chi connectivity index (χ0) is 17.5. The molecule has 0 amide bonds. The van der Waals surface area contributed by atoms with Gasteiger partial charge in [-0.3, -0.25) is 4.99 Å². The summed E-state index contributed by atoms with van der Waals surface area (Å²) in [7, 11) is 4.13. The van der Waals surface area contributed by atoms with Crippen molar-refractivity contribution in [3.8, 4) is 0 Å². The van der Waals surface area contributed by atoms with Gasteiger partial charge in [-0.2, -0.15) is 0 Å². The zero-order valence-electron chi connectivity index (χ0n) is 14.7. The Morgan fingerprint density at radius 3 is 2.61 bits per heavy atom. The van der Waals surface area contributed by atoms with Crippen LogP contribution in [0.4, 0.5) is 0 Å². The van der Waals surface area contributed by atoms with Crippen LogP contribution in [0.3, 0.4) is 0 Å². The third kappa shape index (κ3) is 8.01. The van der Waals surface area contributed by atoms with Crippen molar-refractivity contribution < 1.29 is 5.11 Å². The molecule has 1 atom stereocenters. The first kappa shape index (κ1) is 20.2. The number of rotatable bonds is 8. The van der Waals surface area contributed by atoms with E-state index in [0.717, 1.165) is 23.9 Å². The molecule has 7 heteroatoms. The summed E-state index contributed by atoms with van der Waals surface area (Å²) in [5.41, 5.74) is 0.0890. The van der Waals surface area contributed by atoms with E-state index in [1.807, 2.05) is 13.0 Å². The highest BCUT2D eigenvalue weighted by Crippen LogP contribution is 2.26. The van der Waals surface area contributed by atoms with Gasteiger partial charge >= 0.3 is 0 Å². The molecule has 0 aliphatic carbocycles. The highest BCUT2D eigenvalue weighted by molar-refractivity contribution is 7.16. The minimum Gasteiger partial charge on any atom is -0.386 e. The Hall–Kier alpha value is -0.820. The lowest BCUT2D eigenvalue weighted by Gasteiger charge is -2.27. The van der Waals surface area contributed by atoms with Crippen molar-refractivity contribution in [2.24, 2.45) is 10.4 Å². The van der Waals surface area contributed by atoms with Crippen LogP contribution in [0.15, 0.2) is 17.1 Å². The van der Waals surface area contributed by atoms with Crippen LogP contribution >= 0.6 is 22.9 Å². The van der Waals surface area contributed by atoms with Crippen LogP contribution in [-0.2, 0) is 0 Å². The van der Waals surface area contributed by atoms with Crippen LogP contribution in [-0.4, -0.2) is 56.2 Å². The van der Waals surface area contributed by atoms with Crippen LogP contribution in [0.25, 0.3) is 0 Å². The lowest BCUT2D eigenvalue weighted by molar-refractivity contribution is 0.184. The number of thiophene rings is 1. The van der Waals surface area contributed by atoms with Crippen molar-refractivity contribution in [2.45, 2.75) is 26.9 Å². The lowest BCUT2D eigenvalue weighted by atomic mass is 9.93. The number of guanidine groups is 1. The number of hydrogen-bond acceptors (Lipinski definition) is 4. The molecule has 1 heterocycles. The maximum absolute atomic E-state index is 10.2. The third-order valence-electron chi connectivity index (χ3n) is 3.14. The second-order valence-electron chi connectivity index (χ2n) is 6.64. The smallest absolute Gasteiger partial charge is 0.191 e. The molecule has 23 heavy (non-hydrogen) atoms. The molecule has 1 aromatic rings. The van der Waals surface area contributed by atoms with E-state index in [-0.39, 0.29) is 5.41 Å². The Morgan fingerprint density at radius 1 is 1.39 bits per heavy atom. The Morgan fingerprint density at radius 2 is 2.09 bits per heavy atom. The monoisotopic (exact) mass is 360 g/mol. The van der Waals surface area contributed by atoms with Crippen LogP contribution in [0, 0.1) is 5.41 Å². The zero-order valence-corrected chi connectivity index (χ0v) is 16.3. The average molecular weight is 361 g/mol. The Kier molecular flexibility index (Phi) is 8.33. The summed E-state index contributed by atoms with van der Waals surface area (Å²) < 4.78 is 0.685. The molecule has 0 saturated heterocycles. The molecule has 0 bridgehead atoms. The van der Waals surface area contributed by atoms with Gasteiger partial charge in [-0.25, -0.2) is 0 Å². The number of nitrogens with one attached hydrogen (secondary N) is 2. The maximum Gasteiger partial charge on any atom is 0.191 e. The first-order valence-corrected chi connectivity index (χ1v) is 9.03. The van der Waals surface area contributed by atoms with Gasteiger partial charge in [0.15, 0.2) is 5.96 Å². The van der Waals surface area contributed by atoms with Gasteiger partial charge in [0.1, 0.15) is 6.10 Å². The van der Waals surface area contributed by atoms with Crippen molar-refractivity contribution in [2.75, 3.05) is 40.3 Å². The second kappa shape index (κ2) is 9.47. The summed E-state index contributed by atoms with van der Waals surface area (Å²) in [6, 6.07) is 3.65. The predicted molar refractivity (Wildman–Crippen MR) is 101 cm³/mol. The van der Waals surface area contributed by atoms with E-state index in [1.165, 1.54) is 11.3 Å². The van der Waals surface area contributed by atoms with Gasteiger partial charge in [0, 0.05) is 31.1 Å². The highest BCUT2D eigenvalue weighted by Gasteiger charge is 2.19. The highest BCUT2D eigenvalue weighted by atomic mass is 35.5. The topological polar surface area (TPSA) is 59.9 Å². The average Bonchev–Trinajstić information content (AvgIpc) is 2.87. The molecule has 1 unspecified atom stereocenters. The molecule has 1 rings (SSSR count). The summed E-state index contributed by atoms with van der Waals surface area (Å²) in [5, 5.41) is 16.6. The first-order valence-electron chi connectivity index (χ1n) is 7.83. The lowest BCUT2D eigenvalue weighted by Crippen LogP contribution is -2.40. The van der Waals surface area contributed by atoms with Crippen LogP contribution < -0.4 is 10.6 Å². The van der Waals surface area contributed by atoms with Gasteiger partial charge in [0.25, 0.3) is 0 Å². The summed E-state index contributed by atoms with van der Waals surface area (Å²) in [5.74, 6) is 0.723. The fourth-order valence-electron chi connectivity index (χ4n) is 2.34. The van der Waals surface area contributed by atoms with Gasteiger partial charge in [-0.1, -0.05) is 25.4 Å². The SMILES string of the molecule is CCNC(=NCC(C)(C)CN(C)C)NCC(O)c1ccc(Cl)s1. The van der Waals surface area contributed by atoms with Gasteiger partial charge in [0.2, 0.25) is 0 Å². The predicted octanol–water partition coefficient (Wildman–Crippen LogP) is 2.58. The fourth-order valence-corrected chi connectivity index (χ4v) is 3.39. The van der Waals surface area contributed by atoms with Crippen LogP contribution in [0.1, 0.15) is 31.8 Å². The number of hydrogen-bond donors (Lipinski definition) is 3. The Labute approximate surface area is 148 Å². The quantitative estimate of drug-likeness (QED) is 0.492. The van der Waals surface area contributed by atoms with E-state index in [2.05, 4.69) is 48.5 Å². The molecule has 0 spiro atoms. The van der Waals surface area contributed by atoms with Crippen LogP contribution in [0.5, 0.6) is 0 Å². The number of nitrogens with zero attached hydrogens (tertiary/aromatic N) is 2. The van der Waals surface area contributed by atoms with Gasteiger partial charge in [-0.15, -0.1) is 11.3 Å². The molecule has 1 aromatic heterocycles. The molecule has 0 aromatic carbocycles. The normalized spacial score (nSPS) is 14.2. The van der Waals surface area contributed by atoms with Crippen molar-refractivity contribution >= 4 is 28.9 Å². The number of aliphatic hydroxyl groups excluding tert-OH is 1. The van der Waals surface area contributed by atoms with Gasteiger partial charge in [-0.05, 0) is 38.6 Å². The Bertz CT molecular complexity index is 502. The molecular weight excluding hydrogens is 332 g/mol. The molecule has 0 saturated carbocycles. The van der Waals surface area contributed by atoms with E-state index in [9.17, 15) is 5.11 Å². The molecule has 5 nitrogen and oxygen atoms in total. The molecule has 0 radical (unpaired) electrons. The first-order chi connectivity index (χ1) is 10.7. The number of aliphatic imine (C=N–C) groups is 1. The summed E-state index contributed by atoms with van der Waals surface area (Å²) in [4.78, 5) is 7.66. The van der Waals surface area contributed by atoms with E-state index in [4.69, 9.17) is 11.6 Å². The molecule has 0 aliphatic heterocycles. The molecule has 0 aliphatic rings. The van der Waals surface area contributed by atoms with E-state index < -0.39 is 6.10 Å². The maximum atomic E-state index is 10.2. The molecule has 0 fully saturated rings. The van der Waals surface area contributed by atoms with E-state index >= 15 is 0 Å². The number of halogens is 1. The summed E-state index contributed by atoms with van der Waals surface area (Å²) in [6.07, 6.45) is -0.592. The summed E-state index contributed by atoms with van der Waals surface area (Å²) in [6.45, 7) is 9.27. The van der Waals surface area contributed by atoms with Crippen LogP contribution in [0.2, 0.25) is 4.34 Å². The largest absolute Gasteiger partial charge is 0.386 e. The minimum atomic E-state index is -0.592. The van der Waals surface area contributed by atoms with Crippen molar-refractivity contribution in [1.29, 1.82) is 0 Å². The van der Waals surface area contributed by atoms with E-state index in [1.54, 1.807) is 6.07 Å². The van der Waals surface area contributed by atoms with Crippen molar-refractivity contribution in [1.82, 2.24) is 15.5 Å². The minimum absolute atomic E-state index is 0.0890. The molecule has 3 N–H and O–H groups in total. The fraction of sp³-hybridized carbons (Fsp3) is 0.688. The third-order valence-corrected chi connectivity index (χ3v) is 4.47. The standard InChI is InChI=1S/C16H29ClN4OS/c1-6-18-15(20-10-16(2,3)11-21(4)5)19-9-12(22)13-7-8-14(17)23-13/h7-8,12,22H,6,9-11H2,1-5H3,(H2,18,19,20). The van der Waals surface area contributed by atoms with E-state index in [0.29, 0.717) is 17.4 Å². The Balaban J connectivity index is 2.58. The molecule has 132 valence electrons. The van der Waals surface area contributed by atoms with Crippen molar-refractivity contribution in [3.63, 3.8) is 0 Å². The molecular formula is C16H29ClN4OS. The van der Waals surface area contributed by atoms with Crippen molar-refractivity contribution in [3.05, 3.63) is 21.3 Å².